The maximum absolute atomic E-state index is 13.3. The van der Waals surface area contributed by atoms with Crippen LogP contribution in [0.4, 0.5) is 9.59 Å². The summed E-state index contributed by atoms with van der Waals surface area (Å²) < 4.78 is 5.25. The topological polar surface area (TPSA) is 179 Å². The average molecular weight is 610 g/mol. The Kier molecular flexibility index (Phi) is 6.14. The largest absolute Gasteiger partial charge is 0.497 e. The molecule has 4 aliphatic rings. The normalized spacial score (nSPS) is 23.5. The molecule has 4 N–H and O–H groups in total. The van der Waals surface area contributed by atoms with Crippen LogP contribution in [0.25, 0.3) is 11.3 Å². The van der Waals surface area contributed by atoms with Crippen molar-refractivity contribution in [2.45, 2.75) is 31.1 Å². The predicted molar refractivity (Wildman–Crippen MR) is 156 cm³/mol. The maximum atomic E-state index is 13.3. The van der Waals surface area contributed by atoms with Gasteiger partial charge in [0.15, 0.2) is 5.54 Å². The number of pyridine rings is 1. The molecule has 0 spiro atoms. The number of rotatable bonds is 7. The number of urea groups is 2. The first kappa shape index (κ1) is 28.0. The minimum absolute atomic E-state index is 0.0161. The van der Waals surface area contributed by atoms with E-state index >= 15 is 0 Å². The summed E-state index contributed by atoms with van der Waals surface area (Å²) in [4.78, 5) is 83.6. The summed E-state index contributed by atoms with van der Waals surface area (Å²) in [6.45, 7) is 1.88. The Balaban J connectivity index is 1.13. The summed E-state index contributed by atoms with van der Waals surface area (Å²) in [5.41, 5.74) is 1.17. The Hall–Kier alpha value is -5.79. The van der Waals surface area contributed by atoms with Crippen LogP contribution in [0.5, 0.6) is 5.75 Å². The number of nitrogens with zero attached hydrogens (tertiary/aromatic N) is 3. The number of amides is 8. The predicted octanol–water partition coefficient (Wildman–Crippen LogP) is 1.00. The van der Waals surface area contributed by atoms with Gasteiger partial charge in [0.1, 0.15) is 11.3 Å². The second-order valence-electron chi connectivity index (χ2n) is 11.7. The molecule has 2 aromatic carbocycles. The van der Waals surface area contributed by atoms with Crippen molar-refractivity contribution in [2.75, 3.05) is 20.2 Å². The quantitative estimate of drug-likeness (QED) is 0.287. The fourth-order valence-corrected chi connectivity index (χ4v) is 6.31. The van der Waals surface area contributed by atoms with Gasteiger partial charge in [-0.1, -0.05) is 30.3 Å². The first-order valence-corrected chi connectivity index (χ1v) is 14.1. The van der Waals surface area contributed by atoms with Gasteiger partial charge in [-0.05, 0) is 42.3 Å². The van der Waals surface area contributed by atoms with Gasteiger partial charge in [0, 0.05) is 17.7 Å². The molecule has 2 fully saturated rings. The van der Waals surface area contributed by atoms with Crippen LogP contribution in [0.1, 0.15) is 44.5 Å². The number of ether oxygens (including phenoxy) is 1. The first-order valence-electron chi connectivity index (χ1n) is 14.1. The zero-order valence-corrected chi connectivity index (χ0v) is 24.2. The van der Waals surface area contributed by atoms with E-state index < -0.39 is 35.0 Å². The van der Waals surface area contributed by atoms with Gasteiger partial charge in [0.25, 0.3) is 23.6 Å². The van der Waals surface area contributed by atoms with E-state index in [-0.39, 0.29) is 38.0 Å². The first-order chi connectivity index (χ1) is 21.5. The van der Waals surface area contributed by atoms with Crippen molar-refractivity contribution in [2.24, 2.45) is 0 Å². The van der Waals surface area contributed by atoms with E-state index in [0.29, 0.717) is 39.4 Å². The van der Waals surface area contributed by atoms with Crippen molar-refractivity contribution >= 4 is 35.7 Å². The Morgan fingerprint density at radius 2 is 1.47 bits per heavy atom. The van der Waals surface area contributed by atoms with Crippen molar-refractivity contribution in [1.82, 2.24) is 36.1 Å². The van der Waals surface area contributed by atoms with Crippen molar-refractivity contribution in [3.8, 4) is 17.0 Å². The highest BCUT2D eigenvalue weighted by Crippen LogP contribution is 2.34. The van der Waals surface area contributed by atoms with Gasteiger partial charge in [-0.25, -0.2) is 9.59 Å². The number of nitrogens with one attached hydrogen (secondary N) is 4. The van der Waals surface area contributed by atoms with E-state index in [4.69, 9.17) is 9.72 Å². The molecule has 0 radical (unpaired) electrons. The molecule has 8 amide bonds. The molecule has 7 rings (SSSR count). The van der Waals surface area contributed by atoms with Crippen LogP contribution >= 0.6 is 0 Å². The van der Waals surface area contributed by atoms with E-state index in [2.05, 4.69) is 21.3 Å². The minimum Gasteiger partial charge on any atom is -0.497 e. The van der Waals surface area contributed by atoms with Crippen LogP contribution in [0.2, 0.25) is 0 Å². The maximum Gasteiger partial charge on any atom is 0.322 e. The lowest BCUT2D eigenvalue weighted by atomic mass is 9.88. The standard InChI is InChI=1S/C31H27N7O7/c1-30(26(41)33-28(43)35-30)14-38-13-23-20(24(38)39)9-10-22(32-23)16-3-6-18(7-4-16)31(27(42)34-29(44)36-31)15-37-12-17-5-8-19(45-2)11-21(17)25(37)40/h3-11H,12-15H2,1-2H3,(H2,33,35,41,43)(H2,34,36,42,44)/t30?,31-/m0/s1. The molecule has 0 saturated carbocycles. The summed E-state index contributed by atoms with van der Waals surface area (Å²) >= 11 is 0. The fourth-order valence-electron chi connectivity index (χ4n) is 6.31. The molecule has 5 heterocycles. The molecule has 45 heavy (non-hydrogen) atoms. The second kappa shape index (κ2) is 9.87. The lowest BCUT2D eigenvalue weighted by Gasteiger charge is -2.31. The number of carbonyl (C=O) groups is 6. The van der Waals surface area contributed by atoms with Gasteiger partial charge in [0.2, 0.25) is 0 Å². The molecule has 3 aromatic rings. The smallest absolute Gasteiger partial charge is 0.322 e. The molecule has 1 aromatic heterocycles. The molecule has 2 saturated heterocycles. The van der Waals surface area contributed by atoms with Crippen molar-refractivity contribution in [1.29, 1.82) is 0 Å². The Morgan fingerprint density at radius 3 is 2.13 bits per heavy atom. The molecule has 14 nitrogen and oxygen atoms in total. The summed E-state index contributed by atoms with van der Waals surface area (Å²) in [7, 11) is 1.52. The SMILES string of the molecule is COc1ccc2c(c1)C(=O)N(C[C@@]1(c3ccc(-c4ccc5c(n4)CN(CC4(C)NC(=O)NC4=O)C5=O)cc3)NC(=O)NC1=O)C2. The number of carbonyl (C=O) groups excluding carboxylic acids is 6. The van der Waals surface area contributed by atoms with Crippen molar-refractivity contribution < 1.29 is 33.5 Å². The monoisotopic (exact) mass is 609 g/mol. The molecule has 0 aliphatic carbocycles. The zero-order chi connectivity index (χ0) is 31.7. The summed E-state index contributed by atoms with van der Waals surface area (Å²) in [5, 5.41) is 9.81. The Morgan fingerprint density at radius 1 is 0.778 bits per heavy atom. The molecular formula is C31H27N7O7. The third-order valence-corrected chi connectivity index (χ3v) is 8.70. The zero-order valence-electron chi connectivity index (χ0n) is 24.2. The van der Waals surface area contributed by atoms with Crippen LogP contribution in [0.15, 0.2) is 54.6 Å². The third-order valence-electron chi connectivity index (χ3n) is 8.70. The van der Waals surface area contributed by atoms with Gasteiger partial charge in [0.05, 0.1) is 43.7 Å². The highest BCUT2D eigenvalue weighted by Gasteiger charge is 2.50. The summed E-state index contributed by atoms with van der Waals surface area (Å²) in [5.74, 6) is -1.10. The molecule has 2 atom stereocenters. The molecule has 14 heteroatoms. The van der Waals surface area contributed by atoms with Gasteiger partial charge >= 0.3 is 12.1 Å². The number of hydrogen-bond donors (Lipinski definition) is 4. The highest BCUT2D eigenvalue weighted by atomic mass is 16.5. The number of methoxy groups -OCH3 is 1. The van der Waals surface area contributed by atoms with Crippen molar-refractivity contribution in [3.63, 3.8) is 0 Å². The number of aromatic nitrogens is 1. The Bertz CT molecular complexity index is 1860. The van der Waals surface area contributed by atoms with E-state index in [1.165, 1.54) is 16.9 Å². The molecule has 4 aliphatic heterocycles. The molecule has 1 unspecified atom stereocenters. The van der Waals surface area contributed by atoms with Crippen LogP contribution in [-0.2, 0) is 28.2 Å². The molecule has 228 valence electrons. The summed E-state index contributed by atoms with van der Waals surface area (Å²) in [6, 6.07) is 14.2. The Labute approximate surface area is 256 Å². The van der Waals surface area contributed by atoms with Crippen LogP contribution < -0.4 is 26.0 Å². The van der Waals surface area contributed by atoms with Gasteiger partial charge in [-0.15, -0.1) is 0 Å². The fraction of sp³-hybridized carbons (Fsp3) is 0.258. The number of hydrogen-bond acceptors (Lipinski definition) is 8. The minimum atomic E-state index is -1.52. The van der Waals surface area contributed by atoms with Crippen LogP contribution in [0, 0.1) is 0 Å². The van der Waals surface area contributed by atoms with Gasteiger partial charge in [-0.3, -0.25) is 34.8 Å². The number of fused-ring (bicyclic) bond motifs is 2. The van der Waals surface area contributed by atoms with Gasteiger partial charge < -0.3 is 25.2 Å². The van der Waals surface area contributed by atoms with Gasteiger partial charge in [-0.2, -0.15) is 0 Å². The number of imide groups is 2. The average Bonchev–Trinajstić information content (AvgIpc) is 3.68. The van der Waals surface area contributed by atoms with E-state index in [1.54, 1.807) is 61.5 Å². The third kappa shape index (κ3) is 4.44. The molecule has 0 bridgehead atoms. The van der Waals surface area contributed by atoms with Crippen molar-refractivity contribution in [3.05, 3.63) is 82.5 Å². The molecular weight excluding hydrogens is 582 g/mol. The lowest BCUT2D eigenvalue weighted by Crippen LogP contribution is -2.52. The van der Waals surface area contributed by atoms with E-state index in [0.717, 1.165) is 5.56 Å². The van der Waals surface area contributed by atoms with E-state index in [9.17, 15) is 28.8 Å². The number of benzene rings is 2. The lowest BCUT2D eigenvalue weighted by molar-refractivity contribution is -0.125. The second-order valence-corrected chi connectivity index (χ2v) is 11.7. The van der Waals surface area contributed by atoms with E-state index in [1.807, 2.05) is 0 Å². The van der Waals surface area contributed by atoms with Crippen LogP contribution in [0.3, 0.4) is 0 Å². The van der Waals surface area contributed by atoms with Crippen LogP contribution in [-0.4, -0.2) is 76.2 Å². The highest BCUT2D eigenvalue weighted by molar-refractivity contribution is 6.09. The summed E-state index contributed by atoms with van der Waals surface area (Å²) in [6.07, 6.45) is 0.